The minimum atomic E-state index is 0.239. The van der Waals surface area contributed by atoms with Crippen molar-refractivity contribution in [3.63, 3.8) is 0 Å². The second-order valence-corrected chi connectivity index (χ2v) is 4.24. The first-order valence-electron chi connectivity index (χ1n) is 5.59. The normalized spacial score (nSPS) is 14.3. The molecule has 0 fully saturated rings. The Morgan fingerprint density at radius 3 is 2.73 bits per heavy atom. The molecule has 15 heavy (non-hydrogen) atoms. The Labute approximate surface area is 92.9 Å². The second-order valence-electron chi connectivity index (χ2n) is 4.24. The van der Waals surface area contributed by atoms with E-state index in [9.17, 15) is 0 Å². The van der Waals surface area contributed by atoms with E-state index in [4.69, 9.17) is 6.42 Å². The fourth-order valence-corrected chi connectivity index (χ4v) is 1.96. The van der Waals surface area contributed by atoms with Crippen LogP contribution in [0, 0.1) is 12.3 Å². The first-order valence-corrected chi connectivity index (χ1v) is 5.59. The van der Waals surface area contributed by atoms with Gasteiger partial charge in [0.15, 0.2) is 0 Å². The summed E-state index contributed by atoms with van der Waals surface area (Å²) in [5.41, 5.74) is 2.29. The average Bonchev–Trinajstić information content (AvgIpc) is 2.29. The van der Waals surface area contributed by atoms with Crippen LogP contribution in [0.4, 0.5) is 0 Å². The molecule has 0 aliphatic heterocycles. The Kier molecular flexibility index (Phi) is 3.91. The van der Waals surface area contributed by atoms with E-state index in [-0.39, 0.29) is 5.41 Å². The maximum absolute atomic E-state index is 5.36. The van der Waals surface area contributed by atoms with Crippen molar-refractivity contribution in [3.05, 3.63) is 29.6 Å². The van der Waals surface area contributed by atoms with Gasteiger partial charge in [-0.1, -0.05) is 33.1 Å². The molecular formula is C14H19N. The van der Waals surface area contributed by atoms with Crippen LogP contribution in [-0.2, 0) is 5.41 Å². The lowest BCUT2D eigenvalue weighted by molar-refractivity contribution is 0.413. The topological polar surface area (TPSA) is 12.9 Å². The van der Waals surface area contributed by atoms with Crippen LogP contribution in [0.25, 0.3) is 0 Å². The van der Waals surface area contributed by atoms with Gasteiger partial charge in [-0.25, -0.2) is 4.98 Å². The van der Waals surface area contributed by atoms with E-state index in [1.807, 2.05) is 12.3 Å². The van der Waals surface area contributed by atoms with Crippen molar-refractivity contribution in [2.75, 3.05) is 0 Å². The summed E-state index contributed by atoms with van der Waals surface area (Å²) in [4.78, 5) is 4.13. The first-order chi connectivity index (χ1) is 7.16. The van der Waals surface area contributed by atoms with Gasteiger partial charge >= 0.3 is 0 Å². The Bertz CT molecular complexity index is 362. The predicted octanol–water partition coefficient (Wildman–Crippen LogP) is 3.53. The van der Waals surface area contributed by atoms with Crippen LogP contribution in [0.3, 0.4) is 0 Å². The number of rotatable bonds is 4. The van der Waals surface area contributed by atoms with Crippen LogP contribution in [0.5, 0.6) is 0 Å². The van der Waals surface area contributed by atoms with Gasteiger partial charge < -0.3 is 0 Å². The minimum absolute atomic E-state index is 0.239. The van der Waals surface area contributed by atoms with E-state index in [1.165, 1.54) is 18.4 Å². The van der Waals surface area contributed by atoms with Crippen molar-refractivity contribution in [3.8, 4) is 12.3 Å². The van der Waals surface area contributed by atoms with Crippen LogP contribution >= 0.6 is 0 Å². The van der Waals surface area contributed by atoms with Gasteiger partial charge in [-0.2, -0.15) is 0 Å². The molecule has 1 atom stereocenters. The maximum atomic E-state index is 5.36. The third kappa shape index (κ3) is 2.59. The molecule has 1 aromatic rings. The quantitative estimate of drug-likeness (QED) is 0.679. The molecule has 0 aliphatic carbocycles. The highest BCUT2D eigenvalue weighted by atomic mass is 14.7. The van der Waals surface area contributed by atoms with Crippen molar-refractivity contribution in [2.24, 2.45) is 0 Å². The summed E-state index contributed by atoms with van der Waals surface area (Å²) in [6, 6.07) is 4.12. The van der Waals surface area contributed by atoms with E-state index in [2.05, 4.69) is 37.7 Å². The molecule has 0 amide bonds. The van der Waals surface area contributed by atoms with Crippen molar-refractivity contribution >= 4 is 0 Å². The molecule has 0 saturated carbocycles. The standard InChI is InChI=1S/C14H19N/c1-5-9-14(4,7-3)12-8-10-15-13(6-2)11-12/h2,8,10-11H,5,7,9H2,1,3-4H3. The van der Waals surface area contributed by atoms with Crippen LogP contribution in [0.2, 0.25) is 0 Å². The van der Waals surface area contributed by atoms with Gasteiger partial charge in [0.2, 0.25) is 0 Å². The number of hydrogen-bond donors (Lipinski definition) is 0. The van der Waals surface area contributed by atoms with Gasteiger partial charge in [-0.05, 0) is 36.0 Å². The third-order valence-electron chi connectivity index (χ3n) is 3.19. The average molecular weight is 201 g/mol. The summed E-state index contributed by atoms with van der Waals surface area (Å²) in [5, 5.41) is 0. The molecule has 1 heterocycles. The molecule has 1 aromatic heterocycles. The second kappa shape index (κ2) is 4.98. The molecule has 1 rings (SSSR count). The molecule has 0 saturated heterocycles. The van der Waals surface area contributed by atoms with Gasteiger partial charge in [0.25, 0.3) is 0 Å². The van der Waals surface area contributed by atoms with Gasteiger partial charge in [0, 0.05) is 6.20 Å². The lowest BCUT2D eigenvalue weighted by Crippen LogP contribution is -2.20. The lowest BCUT2D eigenvalue weighted by atomic mass is 9.77. The fourth-order valence-electron chi connectivity index (χ4n) is 1.96. The largest absolute Gasteiger partial charge is 0.248 e. The third-order valence-corrected chi connectivity index (χ3v) is 3.19. The van der Waals surface area contributed by atoms with Crippen molar-refractivity contribution < 1.29 is 0 Å². The molecule has 1 unspecified atom stereocenters. The Balaban J connectivity index is 3.07. The van der Waals surface area contributed by atoms with Crippen molar-refractivity contribution in [1.29, 1.82) is 0 Å². The van der Waals surface area contributed by atoms with E-state index < -0.39 is 0 Å². The lowest BCUT2D eigenvalue weighted by Gasteiger charge is -2.28. The van der Waals surface area contributed by atoms with Crippen LogP contribution < -0.4 is 0 Å². The zero-order valence-corrected chi connectivity index (χ0v) is 9.88. The van der Waals surface area contributed by atoms with Gasteiger partial charge in [0.1, 0.15) is 5.69 Å². The molecule has 0 spiro atoms. The first kappa shape index (κ1) is 11.8. The molecule has 80 valence electrons. The number of pyridine rings is 1. The molecule has 0 N–H and O–H groups in total. The van der Waals surface area contributed by atoms with E-state index >= 15 is 0 Å². The Morgan fingerprint density at radius 2 is 2.20 bits per heavy atom. The summed E-state index contributed by atoms with van der Waals surface area (Å²) >= 11 is 0. The molecule has 0 aliphatic rings. The smallest absolute Gasteiger partial charge is 0.113 e. The highest BCUT2D eigenvalue weighted by molar-refractivity contribution is 5.32. The number of hydrogen-bond acceptors (Lipinski definition) is 1. The highest BCUT2D eigenvalue weighted by Gasteiger charge is 2.23. The minimum Gasteiger partial charge on any atom is -0.248 e. The summed E-state index contributed by atoms with van der Waals surface area (Å²) < 4.78 is 0. The summed E-state index contributed by atoms with van der Waals surface area (Å²) in [6.45, 7) is 6.74. The molecule has 1 heteroatoms. The van der Waals surface area contributed by atoms with Gasteiger partial charge in [0.05, 0.1) is 0 Å². The fraction of sp³-hybridized carbons (Fsp3) is 0.500. The Morgan fingerprint density at radius 1 is 1.47 bits per heavy atom. The van der Waals surface area contributed by atoms with E-state index in [0.29, 0.717) is 0 Å². The molecule has 0 radical (unpaired) electrons. The highest BCUT2D eigenvalue weighted by Crippen LogP contribution is 2.32. The Hall–Kier alpha value is -1.29. The van der Waals surface area contributed by atoms with Crippen LogP contribution in [0.15, 0.2) is 18.3 Å². The molecule has 0 aromatic carbocycles. The van der Waals surface area contributed by atoms with Crippen molar-refractivity contribution in [2.45, 2.75) is 45.4 Å². The van der Waals surface area contributed by atoms with E-state index in [0.717, 1.165) is 12.1 Å². The molecular weight excluding hydrogens is 182 g/mol. The number of aromatic nitrogens is 1. The van der Waals surface area contributed by atoms with Crippen molar-refractivity contribution in [1.82, 2.24) is 4.98 Å². The SMILES string of the molecule is C#Cc1cc(C(C)(CC)CCC)ccn1. The number of nitrogens with zero attached hydrogens (tertiary/aromatic N) is 1. The summed E-state index contributed by atoms with van der Waals surface area (Å²) in [6.07, 6.45) is 10.7. The molecule has 0 bridgehead atoms. The van der Waals surface area contributed by atoms with Crippen LogP contribution in [0.1, 0.15) is 51.3 Å². The molecule has 1 nitrogen and oxygen atoms in total. The van der Waals surface area contributed by atoms with Gasteiger partial charge in [-0.3, -0.25) is 0 Å². The summed E-state index contributed by atoms with van der Waals surface area (Å²) in [7, 11) is 0. The number of terminal acetylenes is 1. The summed E-state index contributed by atoms with van der Waals surface area (Å²) in [5.74, 6) is 2.59. The maximum Gasteiger partial charge on any atom is 0.113 e. The zero-order chi connectivity index (χ0) is 11.3. The predicted molar refractivity (Wildman–Crippen MR) is 64.7 cm³/mol. The van der Waals surface area contributed by atoms with Crippen LogP contribution in [-0.4, -0.2) is 4.98 Å². The van der Waals surface area contributed by atoms with E-state index in [1.54, 1.807) is 0 Å². The van der Waals surface area contributed by atoms with Gasteiger partial charge in [-0.15, -0.1) is 6.42 Å². The zero-order valence-electron chi connectivity index (χ0n) is 9.88. The monoisotopic (exact) mass is 201 g/mol.